The van der Waals surface area contributed by atoms with Crippen molar-refractivity contribution in [3.63, 3.8) is 0 Å². The summed E-state index contributed by atoms with van der Waals surface area (Å²) in [5.74, 6) is 0.474. The fraction of sp³-hybridized carbons (Fsp3) is 0.250. The van der Waals surface area contributed by atoms with Gasteiger partial charge in [-0.1, -0.05) is 12.5 Å². The molecule has 4 rings (SSSR count). The van der Waals surface area contributed by atoms with Crippen LogP contribution < -0.4 is 4.72 Å². The Morgan fingerprint density at radius 1 is 1.21 bits per heavy atom. The lowest BCUT2D eigenvalue weighted by molar-refractivity contribution is 0.402. The third kappa shape index (κ3) is 2.62. The number of rotatable bonds is 4. The Hall–Kier alpha value is -2.48. The first kappa shape index (κ1) is 15.1. The minimum absolute atomic E-state index is 0.136. The molecule has 3 aromatic rings. The molecular weight excluding hydrogens is 331 g/mol. The molecule has 1 aliphatic carbocycles. The van der Waals surface area contributed by atoms with Crippen LogP contribution in [0.1, 0.15) is 31.0 Å². The van der Waals surface area contributed by atoms with Crippen molar-refractivity contribution in [1.29, 1.82) is 0 Å². The molecule has 0 radical (unpaired) electrons. The average Bonchev–Trinajstić information content (AvgIpc) is 2.89. The van der Waals surface area contributed by atoms with Gasteiger partial charge in [0.2, 0.25) is 0 Å². The van der Waals surface area contributed by atoms with Crippen LogP contribution in [0.5, 0.6) is 0 Å². The van der Waals surface area contributed by atoms with E-state index in [0.717, 1.165) is 24.7 Å². The number of anilines is 1. The first-order valence-electron chi connectivity index (χ1n) is 7.67. The van der Waals surface area contributed by atoms with Crippen molar-refractivity contribution in [2.24, 2.45) is 0 Å². The Balaban J connectivity index is 1.72. The van der Waals surface area contributed by atoms with E-state index in [1.807, 2.05) is 0 Å². The highest BCUT2D eigenvalue weighted by Crippen LogP contribution is 2.35. The van der Waals surface area contributed by atoms with Crippen LogP contribution in [-0.4, -0.2) is 23.0 Å². The van der Waals surface area contributed by atoms with Crippen LogP contribution in [-0.2, 0) is 10.0 Å². The molecule has 0 saturated heterocycles. The summed E-state index contributed by atoms with van der Waals surface area (Å²) in [6, 6.07) is 8.18. The van der Waals surface area contributed by atoms with Gasteiger partial charge in [0.05, 0.1) is 10.6 Å². The quantitative estimate of drug-likeness (QED) is 0.788. The van der Waals surface area contributed by atoms with Crippen molar-refractivity contribution in [1.82, 2.24) is 14.6 Å². The number of halogens is 1. The van der Waals surface area contributed by atoms with Gasteiger partial charge in [-0.3, -0.25) is 4.72 Å². The van der Waals surface area contributed by atoms with Gasteiger partial charge in [0.25, 0.3) is 10.0 Å². The molecule has 0 bridgehead atoms. The maximum absolute atomic E-state index is 13.3. The fourth-order valence-corrected chi connectivity index (χ4v) is 3.77. The summed E-state index contributed by atoms with van der Waals surface area (Å²) in [5.41, 5.74) is 0.763. The Bertz CT molecular complexity index is 1010. The van der Waals surface area contributed by atoms with Crippen LogP contribution in [0.4, 0.5) is 10.1 Å². The SMILES string of the molecule is O=S(=O)(Nc1cccn2nc(C3CCC3)nc12)c1cccc(F)c1. The van der Waals surface area contributed by atoms with E-state index in [4.69, 9.17) is 0 Å². The van der Waals surface area contributed by atoms with E-state index in [9.17, 15) is 12.8 Å². The smallest absolute Gasteiger partial charge is 0.262 e. The maximum Gasteiger partial charge on any atom is 0.262 e. The highest BCUT2D eigenvalue weighted by Gasteiger charge is 2.25. The molecule has 6 nitrogen and oxygen atoms in total. The van der Waals surface area contributed by atoms with Crippen molar-refractivity contribution in [2.75, 3.05) is 4.72 Å². The molecule has 1 fully saturated rings. The van der Waals surface area contributed by atoms with Gasteiger partial charge in [-0.25, -0.2) is 22.3 Å². The standard InChI is InChI=1S/C16H15FN4O2S/c17-12-6-2-7-13(10-12)24(22,23)20-14-8-3-9-21-16(14)18-15(19-21)11-4-1-5-11/h2-3,6-11,20H,1,4-5H2. The van der Waals surface area contributed by atoms with E-state index in [-0.39, 0.29) is 4.90 Å². The minimum atomic E-state index is -3.90. The molecule has 2 aromatic heterocycles. The zero-order valence-corrected chi connectivity index (χ0v) is 13.5. The summed E-state index contributed by atoms with van der Waals surface area (Å²) in [7, 11) is -3.90. The topological polar surface area (TPSA) is 76.4 Å². The Morgan fingerprint density at radius 2 is 2.04 bits per heavy atom. The number of pyridine rings is 1. The highest BCUT2D eigenvalue weighted by molar-refractivity contribution is 7.92. The number of nitrogens with one attached hydrogen (secondary N) is 1. The lowest BCUT2D eigenvalue weighted by Gasteiger charge is -2.21. The molecule has 0 spiro atoms. The van der Waals surface area contributed by atoms with E-state index in [1.165, 1.54) is 24.6 Å². The summed E-state index contributed by atoms with van der Waals surface area (Å²) in [4.78, 5) is 4.35. The van der Waals surface area contributed by atoms with Gasteiger partial charge in [0, 0.05) is 12.1 Å². The molecule has 1 saturated carbocycles. The monoisotopic (exact) mass is 346 g/mol. The zero-order valence-electron chi connectivity index (χ0n) is 12.7. The van der Waals surface area contributed by atoms with E-state index in [0.29, 0.717) is 17.3 Å². The van der Waals surface area contributed by atoms with Crippen LogP contribution in [0.15, 0.2) is 47.5 Å². The van der Waals surface area contributed by atoms with Gasteiger partial charge in [-0.15, -0.1) is 0 Å². The number of hydrogen-bond donors (Lipinski definition) is 1. The molecule has 0 aliphatic heterocycles. The third-order valence-corrected chi connectivity index (χ3v) is 5.56. The van der Waals surface area contributed by atoms with Crippen LogP contribution in [0.25, 0.3) is 5.65 Å². The molecule has 0 atom stereocenters. The molecule has 24 heavy (non-hydrogen) atoms. The summed E-state index contributed by atoms with van der Waals surface area (Å²) in [5, 5.41) is 4.42. The number of hydrogen-bond acceptors (Lipinski definition) is 4. The zero-order chi connectivity index (χ0) is 16.7. The average molecular weight is 346 g/mol. The minimum Gasteiger partial charge on any atom is -0.276 e. The summed E-state index contributed by atoms with van der Waals surface area (Å²) in [6.07, 6.45) is 5.01. The predicted molar refractivity (Wildman–Crippen MR) is 86.8 cm³/mol. The lowest BCUT2D eigenvalue weighted by Crippen LogP contribution is -2.14. The summed E-state index contributed by atoms with van der Waals surface area (Å²) in [6.45, 7) is 0. The van der Waals surface area contributed by atoms with Crippen molar-refractivity contribution < 1.29 is 12.8 Å². The van der Waals surface area contributed by atoms with Gasteiger partial charge < -0.3 is 0 Å². The van der Waals surface area contributed by atoms with Crippen molar-refractivity contribution >= 4 is 21.4 Å². The molecule has 124 valence electrons. The molecule has 0 unspecified atom stereocenters. The largest absolute Gasteiger partial charge is 0.276 e. The van der Waals surface area contributed by atoms with Crippen LogP contribution in [0.2, 0.25) is 0 Å². The maximum atomic E-state index is 13.3. The predicted octanol–water partition coefficient (Wildman–Crippen LogP) is 2.94. The van der Waals surface area contributed by atoms with Crippen LogP contribution in [0, 0.1) is 5.82 Å². The Kier molecular flexibility index (Phi) is 3.49. The van der Waals surface area contributed by atoms with Gasteiger partial charge in [0.15, 0.2) is 11.5 Å². The number of benzene rings is 1. The summed E-state index contributed by atoms with van der Waals surface area (Å²) < 4.78 is 42.3. The third-order valence-electron chi connectivity index (χ3n) is 4.20. The second-order valence-corrected chi connectivity index (χ2v) is 7.53. The van der Waals surface area contributed by atoms with Gasteiger partial charge in [-0.05, 0) is 43.2 Å². The highest BCUT2D eigenvalue weighted by atomic mass is 32.2. The van der Waals surface area contributed by atoms with Gasteiger partial charge >= 0.3 is 0 Å². The van der Waals surface area contributed by atoms with Crippen LogP contribution >= 0.6 is 0 Å². The van der Waals surface area contributed by atoms with Crippen molar-refractivity contribution in [3.05, 3.63) is 54.2 Å². The molecule has 1 aliphatic rings. The van der Waals surface area contributed by atoms with Crippen molar-refractivity contribution in [3.8, 4) is 0 Å². The first-order valence-corrected chi connectivity index (χ1v) is 9.15. The van der Waals surface area contributed by atoms with E-state index in [1.54, 1.807) is 22.8 Å². The van der Waals surface area contributed by atoms with E-state index >= 15 is 0 Å². The Morgan fingerprint density at radius 3 is 2.75 bits per heavy atom. The fourth-order valence-electron chi connectivity index (χ4n) is 2.68. The lowest BCUT2D eigenvalue weighted by atomic mass is 9.85. The Labute approximate surface area is 138 Å². The molecular formula is C16H15FN4O2S. The number of sulfonamides is 1. The first-order chi connectivity index (χ1) is 11.5. The number of nitrogens with zero attached hydrogens (tertiary/aromatic N) is 3. The van der Waals surface area contributed by atoms with Gasteiger partial charge in [0.1, 0.15) is 5.82 Å². The second-order valence-electron chi connectivity index (χ2n) is 5.85. The molecule has 0 amide bonds. The summed E-state index contributed by atoms with van der Waals surface area (Å²) >= 11 is 0. The normalized spacial score (nSPS) is 15.4. The van der Waals surface area contributed by atoms with Crippen molar-refractivity contribution in [2.45, 2.75) is 30.1 Å². The van der Waals surface area contributed by atoms with Gasteiger partial charge in [-0.2, -0.15) is 5.10 Å². The second kappa shape index (κ2) is 5.55. The van der Waals surface area contributed by atoms with E-state index < -0.39 is 15.8 Å². The van der Waals surface area contributed by atoms with E-state index in [2.05, 4.69) is 14.8 Å². The van der Waals surface area contributed by atoms with Crippen LogP contribution in [0.3, 0.4) is 0 Å². The number of aromatic nitrogens is 3. The molecule has 2 heterocycles. The molecule has 1 N–H and O–H groups in total. The molecule has 1 aromatic carbocycles. The number of fused-ring (bicyclic) bond motifs is 1. The molecule has 8 heteroatoms.